The molecular weight excluding hydrogens is 263 g/mol. The van der Waals surface area contributed by atoms with Gasteiger partial charge in [-0.1, -0.05) is 30.3 Å². The molecule has 1 spiro atoms. The zero-order chi connectivity index (χ0) is 14.3. The number of carbonyl (C=O) groups is 1. The molecule has 1 aliphatic heterocycles. The smallest absolute Gasteiger partial charge is 0.504 e. The Balaban J connectivity index is 1.84. The van der Waals surface area contributed by atoms with Gasteiger partial charge in [-0.3, -0.25) is 4.79 Å². The van der Waals surface area contributed by atoms with Crippen molar-refractivity contribution < 1.29 is 29.4 Å². The van der Waals surface area contributed by atoms with Crippen molar-refractivity contribution in [3.63, 3.8) is 0 Å². The highest BCUT2D eigenvalue weighted by Crippen LogP contribution is 2.37. The molecule has 1 aromatic carbocycles. The van der Waals surface area contributed by atoms with Gasteiger partial charge in [0, 0.05) is 12.8 Å². The van der Waals surface area contributed by atoms with Crippen molar-refractivity contribution in [1.29, 1.82) is 0 Å². The topological polar surface area (TPSA) is 96.2 Å². The van der Waals surface area contributed by atoms with Gasteiger partial charge < -0.3 is 24.6 Å². The first-order valence-corrected chi connectivity index (χ1v) is 6.50. The minimum atomic E-state index is -1.39. The van der Waals surface area contributed by atoms with E-state index in [1.165, 1.54) is 0 Å². The maximum atomic E-state index is 12.1. The summed E-state index contributed by atoms with van der Waals surface area (Å²) in [5, 5.41) is 29.1. The number of aliphatic hydroxyl groups excluding tert-OH is 3. The molecule has 3 N–H and O–H groups in total. The second-order valence-electron chi connectivity index (χ2n) is 5.29. The summed E-state index contributed by atoms with van der Waals surface area (Å²) in [5.74, 6) is -0.614. The Hall–Kier alpha value is -1.41. The molecule has 0 bridgehead atoms. The Morgan fingerprint density at radius 1 is 1.10 bits per heavy atom. The molecule has 0 amide bonds. The van der Waals surface area contributed by atoms with E-state index in [9.17, 15) is 20.1 Å². The highest BCUT2D eigenvalue weighted by atomic mass is 16.7. The fourth-order valence-corrected chi connectivity index (χ4v) is 2.75. The predicted octanol–water partition coefficient (Wildman–Crippen LogP) is -1.43. The normalized spacial score (nSPS) is 37.2. The lowest BCUT2D eigenvalue weighted by Gasteiger charge is -2.38. The molecule has 1 aliphatic carbocycles. The van der Waals surface area contributed by atoms with Gasteiger partial charge in [-0.2, -0.15) is 0 Å². The molecule has 20 heavy (non-hydrogen) atoms. The van der Waals surface area contributed by atoms with Crippen LogP contribution in [0.1, 0.15) is 12.8 Å². The molecule has 0 unspecified atom stereocenters. The first kappa shape index (κ1) is 13.6. The zero-order valence-electron chi connectivity index (χ0n) is 10.7. The zero-order valence-corrected chi connectivity index (χ0v) is 10.7. The van der Waals surface area contributed by atoms with Crippen LogP contribution in [-0.2, 0) is 14.1 Å². The monoisotopic (exact) mass is 278 g/mol. The standard InChI is InChI=1S/C13H15BO6/c15-9-6-13(7-10(16)11(9)17)12(18)19-14(20-13)8-4-2-1-3-5-8/h1-5,9-11,15-17H,6-7H2/t9-,10-,11-,13+/m1/s1. The molecule has 6 nitrogen and oxygen atoms in total. The Morgan fingerprint density at radius 3 is 2.30 bits per heavy atom. The van der Waals surface area contributed by atoms with E-state index < -0.39 is 37.0 Å². The van der Waals surface area contributed by atoms with Crippen LogP contribution in [0.2, 0.25) is 0 Å². The van der Waals surface area contributed by atoms with Crippen LogP contribution >= 0.6 is 0 Å². The van der Waals surface area contributed by atoms with Crippen LogP contribution in [0.3, 0.4) is 0 Å². The van der Waals surface area contributed by atoms with E-state index in [1.807, 2.05) is 6.07 Å². The van der Waals surface area contributed by atoms with Gasteiger partial charge in [0.15, 0.2) is 5.60 Å². The lowest BCUT2D eigenvalue weighted by molar-refractivity contribution is -0.167. The summed E-state index contributed by atoms with van der Waals surface area (Å²) in [6.07, 6.45) is -3.89. The van der Waals surface area contributed by atoms with Crippen molar-refractivity contribution in [2.24, 2.45) is 0 Å². The van der Waals surface area contributed by atoms with Crippen LogP contribution in [0.15, 0.2) is 30.3 Å². The van der Waals surface area contributed by atoms with E-state index in [1.54, 1.807) is 24.3 Å². The quantitative estimate of drug-likeness (QED) is 0.545. The molecule has 1 saturated carbocycles. The van der Waals surface area contributed by atoms with Gasteiger partial charge in [0.05, 0.1) is 12.2 Å². The molecule has 1 saturated heterocycles. The third-order valence-electron chi connectivity index (χ3n) is 3.86. The van der Waals surface area contributed by atoms with Gasteiger partial charge in [-0.25, -0.2) is 0 Å². The molecule has 2 fully saturated rings. The minimum absolute atomic E-state index is 0.0899. The van der Waals surface area contributed by atoms with Gasteiger partial charge in [0.25, 0.3) is 0 Å². The van der Waals surface area contributed by atoms with Gasteiger partial charge in [0.2, 0.25) is 0 Å². The summed E-state index contributed by atoms with van der Waals surface area (Å²) in [6, 6.07) is 8.96. The maximum absolute atomic E-state index is 12.1. The lowest BCUT2D eigenvalue weighted by atomic mass is 9.77. The van der Waals surface area contributed by atoms with Crippen molar-refractivity contribution in [2.45, 2.75) is 36.8 Å². The van der Waals surface area contributed by atoms with E-state index >= 15 is 0 Å². The van der Waals surface area contributed by atoms with Crippen LogP contribution < -0.4 is 5.46 Å². The molecule has 1 aromatic rings. The van der Waals surface area contributed by atoms with Crippen molar-refractivity contribution in [1.82, 2.24) is 0 Å². The van der Waals surface area contributed by atoms with Crippen LogP contribution in [-0.4, -0.2) is 52.3 Å². The van der Waals surface area contributed by atoms with Crippen molar-refractivity contribution in [2.75, 3.05) is 0 Å². The summed E-state index contributed by atoms with van der Waals surface area (Å²) in [4.78, 5) is 12.1. The maximum Gasteiger partial charge on any atom is 0.565 e. The summed E-state index contributed by atoms with van der Waals surface area (Å²) in [6.45, 7) is 0. The summed E-state index contributed by atoms with van der Waals surface area (Å²) in [7, 11) is -0.849. The van der Waals surface area contributed by atoms with Crippen molar-refractivity contribution in [3.8, 4) is 0 Å². The number of benzene rings is 1. The van der Waals surface area contributed by atoms with E-state index in [0.717, 1.165) is 0 Å². The molecule has 106 valence electrons. The number of hydrogen-bond acceptors (Lipinski definition) is 6. The molecule has 3 rings (SSSR count). The van der Waals surface area contributed by atoms with Gasteiger partial charge in [-0.05, 0) is 5.46 Å². The third-order valence-corrected chi connectivity index (χ3v) is 3.86. The molecule has 2 aliphatic rings. The SMILES string of the molecule is O=C1OB(c2ccccc2)O[C@]12C[C@@H](O)[C@@H](O)[C@H](O)C2. The molecule has 0 aromatic heterocycles. The van der Waals surface area contributed by atoms with E-state index in [4.69, 9.17) is 9.31 Å². The molecule has 2 atom stereocenters. The molecule has 1 heterocycles. The average molecular weight is 278 g/mol. The van der Waals surface area contributed by atoms with Gasteiger partial charge in [0.1, 0.15) is 6.10 Å². The van der Waals surface area contributed by atoms with E-state index in [2.05, 4.69) is 0 Å². The number of aliphatic hydroxyl groups is 3. The first-order chi connectivity index (χ1) is 9.52. The summed E-state index contributed by atoms with van der Waals surface area (Å²) < 4.78 is 10.9. The Bertz CT molecular complexity index is 495. The summed E-state index contributed by atoms with van der Waals surface area (Å²) >= 11 is 0. The van der Waals surface area contributed by atoms with Gasteiger partial charge in [-0.15, -0.1) is 0 Å². The fourth-order valence-electron chi connectivity index (χ4n) is 2.75. The fraction of sp³-hybridized carbons (Fsp3) is 0.462. The summed E-state index contributed by atoms with van der Waals surface area (Å²) in [5.41, 5.74) is -0.703. The van der Waals surface area contributed by atoms with Crippen LogP contribution in [0, 0.1) is 0 Å². The van der Waals surface area contributed by atoms with E-state index in [0.29, 0.717) is 5.46 Å². The van der Waals surface area contributed by atoms with Crippen molar-refractivity contribution in [3.05, 3.63) is 30.3 Å². The molecule has 7 heteroatoms. The second kappa shape index (κ2) is 4.85. The van der Waals surface area contributed by atoms with E-state index in [-0.39, 0.29) is 12.8 Å². The Morgan fingerprint density at radius 2 is 1.70 bits per heavy atom. The lowest BCUT2D eigenvalue weighted by Crippen LogP contribution is -2.55. The Labute approximate surface area is 116 Å². The van der Waals surface area contributed by atoms with Crippen LogP contribution in [0.5, 0.6) is 0 Å². The number of carbonyl (C=O) groups excluding carboxylic acids is 1. The predicted molar refractivity (Wildman–Crippen MR) is 69.0 cm³/mol. The second-order valence-corrected chi connectivity index (χ2v) is 5.29. The number of rotatable bonds is 1. The van der Waals surface area contributed by atoms with Crippen molar-refractivity contribution >= 4 is 18.6 Å². The largest absolute Gasteiger partial charge is 0.565 e. The van der Waals surface area contributed by atoms with Crippen LogP contribution in [0.4, 0.5) is 0 Å². The third kappa shape index (κ3) is 2.12. The van der Waals surface area contributed by atoms with Crippen LogP contribution in [0.25, 0.3) is 0 Å². The molecular formula is C13H15BO6. The first-order valence-electron chi connectivity index (χ1n) is 6.50. The Kier molecular flexibility index (Phi) is 3.29. The highest BCUT2D eigenvalue weighted by Gasteiger charge is 2.58. The van der Waals surface area contributed by atoms with Gasteiger partial charge >= 0.3 is 13.1 Å². The minimum Gasteiger partial charge on any atom is -0.504 e. The highest BCUT2D eigenvalue weighted by molar-refractivity contribution is 6.64. The average Bonchev–Trinajstić information content (AvgIpc) is 2.74. The number of hydrogen-bond donors (Lipinski definition) is 3. The molecule has 0 radical (unpaired) electrons.